The summed E-state index contributed by atoms with van der Waals surface area (Å²) >= 11 is 0. The van der Waals surface area contributed by atoms with Gasteiger partial charge >= 0.3 is 0 Å². The van der Waals surface area contributed by atoms with Crippen LogP contribution in [-0.4, -0.2) is 31.2 Å². The highest BCUT2D eigenvalue weighted by atomic mass is 16.5. The lowest BCUT2D eigenvalue weighted by Gasteiger charge is -2.14. The molecule has 0 saturated heterocycles. The third-order valence-electron chi connectivity index (χ3n) is 2.85. The first kappa shape index (κ1) is 13.1. The van der Waals surface area contributed by atoms with E-state index in [4.69, 9.17) is 9.47 Å². The number of ether oxygens (including phenoxy) is 2. The summed E-state index contributed by atoms with van der Waals surface area (Å²) in [7, 11) is 5.03. The van der Waals surface area contributed by atoms with E-state index in [0.29, 0.717) is 17.4 Å². The van der Waals surface area contributed by atoms with Crippen molar-refractivity contribution in [3.63, 3.8) is 0 Å². The lowest BCUT2D eigenvalue weighted by Crippen LogP contribution is -2.01. The summed E-state index contributed by atoms with van der Waals surface area (Å²) in [4.78, 5) is 8.67. The van der Waals surface area contributed by atoms with Crippen LogP contribution in [0.1, 0.15) is 5.56 Å². The average molecular weight is 259 g/mol. The fourth-order valence-electron chi connectivity index (χ4n) is 1.91. The van der Waals surface area contributed by atoms with Gasteiger partial charge in [-0.15, -0.1) is 0 Å². The topological polar surface area (TPSA) is 56.3 Å². The van der Waals surface area contributed by atoms with Crippen molar-refractivity contribution in [2.45, 2.75) is 6.92 Å². The van der Waals surface area contributed by atoms with Crippen molar-refractivity contribution in [1.82, 2.24) is 9.97 Å². The lowest BCUT2D eigenvalue weighted by molar-refractivity contribution is 0.356. The van der Waals surface area contributed by atoms with Gasteiger partial charge < -0.3 is 14.8 Å². The highest BCUT2D eigenvalue weighted by Crippen LogP contribution is 2.38. The number of methoxy groups -OCH3 is 2. The summed E-state index contributed by atoms with van der Waals surface area (Å²) in [6, 6.07) is 5.73. The molecule has 5 heteroatoms. The number of benzene rings is 1. The summed E-state index contributed by atoms with van der Waals surface area (Å²) in [5.41, 5.74) is 2.69. The first-order valence-corrected chi connectivity index (χ1v) is 5.94. The van der Waals surface area contributed by atoms with Crippen molar-refractivity contribution in [1.29, 1.82) is 0 Å². The molecule has 100 valence electrons. The molecule has 1 aromatic carbocycles. The molecule has 0 aliphatic carbocycles. The predicted molar refractivity (Wildman–Crippen MR) is 74.9 cm³/mol. The fourth-order valence-corrected chi connectivity index (χ4v) is 1.91. The number of rotatable bonds is 4. The molecule has 1 N–H and O–H groups in total. The first-order chi connectivity index (χ1) is 9.21. The molecular weight excluding hydrogens is 242 g/mol. The summed E-state index contributed by atoms with van der Waals surface area (Å²) in [6.45, 7) is 1.97. The van der Waals surface area contributed by atoms with Crippen molar-refractivity contribution in [2.24, 2.45) is 0 Å². The van der Waals surface area contributed by atoms with Crippen LogP contribution in [0.5, 0.6) is 11.5 Å². The Morgan fingerprint density at radius 2 is 1.95 bits per heavy atom. The van der Waals surface area contributed by atoms with Gasteiger partial charge in [0.2, 0.25) is 5.95 Å². The molecule has 0 unspecified atom stereocenters. The molecule has 1 aromatic heterocycles. The first-order valence-electron chi connectivity index (χ1n) is 5.94. The lowest BCUT2D eigenvalue weighted by atomic mass is 10.1. The standard InChI is InChI=1S/C14H17N3O2/c1-9-8-16-14(15-2)17-12(9)10-6-5-7-11(18-3)13(10)19-4/h5-8H,1-4H3,(H,15,16,17). The van der Waals surface area contributed by atoms with Crippen LogP contribution in [0.3, 0.4) is 0 Å². The summed E-state index contributed by atoms with van der Waals surface area (Å²) < 4.78 is 10.8. The molecule has 0 aliphatic heterocycles. The van der Waals surface area contributed by atoms with Crippen LogP contribution in [0.2, 0.25) is 0 Å². The van der Waals surface area contributed by atoms with Gasteiger partial charge in [0.05, 0.1) is 19.9 Å². The van der Waals surface area contributed by atoms with Crippen molar-refractivity contribution in [3.05, 3.63) is 30.0 Å². The van der Waals surface area contributed by atoms with Crippen molar-refractivity contribution in [3.8, 4) is 22.8 Å². The van der Waals surface area contributed by atoms with Crippen molar-refractivity contribution >= 4 is 5.95 Å². The quantitative estimate of drug-likeness (QED) is 0.914. The molecule has 0 radical (unpaired) electrons. The molecule has 0 atom stereocenters. The third kappa shape index (κ3) is 2.45. The van der Waals surface area contributed by atoms with E-state index in [-0.39, 0.29) is 0 Å². The SMILES string of the molecule is CNc1ncc(C)c(-c2cccc(OC)c2OC)n1. The molecule has 2 rings (SSSR count). The molecule has 0 bridgehead atoms. The van der Waals surface area contributed by atoms with Gasteiger partial charge in [0.25, 0.3) is 0 Å². The Balaban J connectivity index is 2.64. The van der Waals surface area contributed by atoms with E-state index in [9.17, 15) is 0 Å². The van der Waals surface area contributed by atoms with Gasteiger partial charge in [0, 0.05) is 18.8 Å². The van der Waals surface area contributed by atoms with Gasteiger partial charge in [-0.2, -0.15) is 0 Å². The molecular formula is C14H17N3O2. The summed E-state index contributed by atoms with van der Waals surface area (Å²) in [5.74, 6) is 1.93. The second kappa shape index (κ2) is 5.56. The Kier molecular flexibility index (Phi) is 3.85. The number of hydrogen-bond donors (Lipinski definition) is 1. The van der Waals surface area contributed by atoms with E-state index < -0.39 is 0 Å². The maximum Gasteiger partial charge on any atom is 0.222 e. The molecule has 19 heavy (non-hydrogen) atoms. The van der Waals surface area contributed by atoms with E-state index >= 15 is 0 Å². The second-order valence-corrected chi connectivity index (χ2v) is 4.02. The van der Waals surface area contributed by atoms with Crippen LogP contribution in [0.4, 0.5) is 5.95 Å². The molecule has 0 amide bonds. The van der Waals surface area contributed by atoms with E-state index in [2.05, 4.69) is 15.3 Å². The van der Waals surface area contributed by atoms with E-state index in [1.54, 1.807) is 27.5 Å². The molecule has 2 aromatic rings. The minimum Gasteiger partial charge on any atom is -0.493 e. The number of nitrogens with one attached hydrogen (secondary N) is 1. The van der Waals surface area contributed by atoms with Crippen LogP contribution in [-0.2, 0) is 0 Å². The number of aryl methyl sites for hydroxylation is 1. The van der Waals surface area contributed by atoms with Crippen LogP contribution in [0, 0.1) is 6.92 Å². The van der Waals surface area contributed by atoms with E-state index in [1.165, 1.54) is 0 Å². The minimum absolute atomic E-state index is 0.575. The summed E-state index contributed by atoms with van der Waals surface area (Å²) in [6.07, 6.45) is 1.78. The van der Waals surface area contributed by atoms with Gasteiger partial charge in [-0.3, -0.25) is 0 Å². The summed E-state index contributed by atoms with van der Waals surface area (Å²) in [5, 5.41) is 2.94. The Hall–Kier alpha value is -2.30. The number of nitrogens with zero attached hydrogens (tertiary/aromatic N) is 2. The molecule has 0 saturated carbocycles. The van der Waals surface area contributed by atoms with E-state index in [0.717, 1.165) is 16.8 Å². The fraction of sp³-hybridized carbons (Fsp3) is 0.286. The monoisotopic (exact) mass is 259 g/mol. The zero-order valence-electron chi connectivity index (χ0n) is 11.5. The Morgan fingerprint density at radius 3 is 2.58 bits per heavy atom. The van der Waals surface area contributed by atoms with Crippen LogP contribution < -0.4 is 14.8 Å². The zero-order valence-corrected chi connectivity index (χ0v) is 11.5. The largest absolute Gasteiger partial charge is 0.493 e. The van der Waals surface area contributed by atoms with Gasteiger partial charge in [0.1, 0.15) is 0 Å². The average Bonchev–Trinajstić information content (AvgIpc) is 2.46. The molecule has 0 fully saturated rings. The maximum absolute atomic E-state index is 5.44. The van der Waals surface area contributed by atoms with Crippen molar-refractivity contribution < 1.29 is 9.47 Å². The predicted octanol–water partition coefficient (Wildman–Crippen LogP) is 2.51. The zero-order chi connectivity index (χ0) is 13.8. The smallest absolute Gasteiger partial charge is 0.222 e. The second-order valence-electron chi connectivity index (χ2n) is 4.02. The Bertz CT molecular complexity index is 585. The van der Waals surface area contributed by atoms with E-state index in [1.807, 2.05) is 25.1 Å². The number of anilines is 1. The molecule has 0 aliphatic rings. The molecule has 5 nitrogen and oxygen atoms in total. The third-order valence-corrected chi connectivity index (χ3v) is 2.85. The highest BCUT2D eigenvalue weighted by molar-refractivity contribution is 5.73. The number of aromatic nitrogens is 2. The van der Waals surface area contributed by atoms with Gasteiger partial charge in [-0.1, -0.05) is 6.07 Å². The van der Waals surface area contributed by atoms with Crippen LogP contribution >= 0.6 is 0 Å². The Morgan fingerprint density at radius 1 is 1.16 bits per heavy atom. The van der Waals surface area contributed by atoms with Gasteiger partial charge in [-0.25, -0.2) is 9.97 Å². The highest BCUT2D eigenvalue weighted by Gasteiger charge is 2.15. The van der Waals surface area contributed by atoms with Crippen LogP contribution in [0.15, 0.2) is 24.4 Å². The number of para-hydroxylation sites is 1. The maximum atomic E-state index is 5.44. The number of hydrogen-bond acceptors (Lipinski definition) is 5. The van der Waals surface area contributed by atoms with Gasteiger partial charge in [0.15, 0.2) is 11.5 Å². The van der Waals surface area contributed by atoms with Crippen molar-refractivity contribution in [2.75, 3.05) is 26.6 Å². The normalized spacial score (nSPS) is 10.1. The molecule has 0 spiro atoms. The Labute approximate surface area is 112 Å². The van der Waals surface area contributed by atoms with Crippen LogP contribution in [0.25, 0.3) is 11.3 Å². The minimum atomic E-state index is 0.575. The van der Waals surface area contributed by atoms with Gasteiger partial charge in [-0.05, 0) is 24.6 Å². The molecule has 1 heterocycles.